The molecule has 2 atom stereocenters. The SMILES string of the molecule is COCCN(C)C[C@H]1C[C@@H](CO)CN(C(=O)c2snnc2C)C1. The number of hydrogen-bond acceptors (Lipinski definition) is 7. The Bertz CT molecular complexity index is 511. The second-order valence-electron chi connectivity index (χ2n) is 6.30. The van der Waals surface area contributed by atoms with Crippen LogP contribution in [0.2, 0.25) is 0 Å². The zero-order chi connectivity index (χ0) is 16.8. The van der Waals surface area contributed by atoms with Gasteiger partial charge in [0, 0.05) is 39.9 Å². The summed E-state index contributed by atoms with van der Waals surface area (Å²) >= 11 is 1.14. The molecule has 130 valence electrons. The van der Waals surface area contributed by atoms with E-state index in [9.17, 15) is 9.90 Å². The summed E-state index contributed by atoms with van der Waals surface area (Å²) in [5, 5.41) is 13.5. The standard InChI is InChI=1S/C15H26N4O3S/c1-11-14(23-17-16-11)15(21)19-8-12(6-13(9-19)10-20)7-18(2)4-5-22-3/h12-13,20H,4-10H2,1-3H3/t12-,13-/m1/s1. The molecular formula is C15H26N4O3S. The summed E-state index contributed by atoms with van der Waals surface area (Å²) in [5.74, 6) is 0.475. The summed E-state index contributed by atoms with van der Waals surface area (Å²) in [5.41, 5.74) is 0.680. The largest absolute Gasteiger partial charge is 0.396 e. The minimum Gasteiger partial charge on any atom is -0.396 e. The van der Waals surface area contributed by atoms with Gasteiger partial charge in [0.15, 0.2) is 0 Å². The van der Waals surface area contributed by atoms with Crippen LogP contribution in [0.15, 0.2) is 0 Å². The third-order valence-corrected chi connectivity index (χ3v) is 5.08. The van der Waals surface area contributed by atoms with Gasteiger partial charge >= 0.3 is 0 Å². The molecule has 1 saturated heterocycles. The maximum atomic E-state index is 12.7. The highest BCUT2D eigenvalue weighted by molar-refractivity contribution is 7.07. The molecule has 0 spiro atoms. The van der Waals surface area contributed by atoms with Gasteiger partial charge in [0.05, 0.1) is 12.3 Å². The van der Waals surface area contributed by atoms with Crippen LogP contribution in [0.25, 0.3) is 0 Å². The highest BCUT2D eigenvalue weighted by atomic mass is 32.1. The summed E-state index contributed by atoms with van der Waals surface area (Å²) < 4.78 is 8.96. The van der Waals surface area contributed by atoms with Crippen molar-refractivity contribution in [2.75, 3.05) is 53.6 Å². The van der Waals surface area contributed by atoms with E-state index in [1.807, 2.05) is 4.90 Å². The van der Waals surface area contributed by atoms with Crippen molar-refractivity contribution in [3.05, 3.63) is 10.6 Å². The van der Waals surface area contributed by atoms with Crippen LogP contribution in [0.4, 0.5) is 0 Å². The topological polar surface area (TPSA) is 78.8 Å². The van der Waals surface area contributed by atoms with Gasteiger partial charge in [-0.3, -0.25) is 4.79 Å². The van der Waals surface area contributed by atoms with Crippen LogP contribution in [0, 0.1) is 18.8 Å². The number of aliphatic hydroxyl groups is 1. The summed E-state index contributed by atoms with van der Waals surface area (Å²) in [6.45, 7) is 5.68. The van der Waals surface area contributed by atoms with Crippen molar-refractivity contribution in [3.8, 4) is 0 Å². The second kappa shape index (κ2) is 8.68. The third kappa shape index (κ3) is 4.94. The van der Waals surface area contributed by atoms with E-state index in [0.29, 0.717) is 36.2 Å². The molecule has 1 aliphatic heterocycles. The zero-order valence-corrected chi connectivity index (χ0v) is 14.9. The quantitative estimate of drug-likeness (QED) is 0.777. The van der Waals surface area contributed by atoms with Crippen LogP contribution in [0.1, 0.15) is 21.8 Å². The van der Waals surface area contributed by atoms with E-state index < -0.39 is 0 Å². The fourth-order valence-electron chi connectivity index (χ4n) is 3.10. The summed E-state index contributed by atoms with van der Waals surface area (Å²) in [6.07, 6.45) is 0.942. The first-order valence-corrected chi connectivity index (χ1v) is 8.69. The molecule has 7 nitrogen and oxygen atoms in total. The monoisotopic (exact) mass is 342 g/mol. The Kier molecular flexibility index (Phi) is 6.88. The van der Waals surface area contributed by atoms with E-state index in [4.69, 9.17) is 4.74 Å². The Balaban J connectivity index is 2.00. The first-order chi connectivity index (χ1) is 11.0. The van der Waals surface area contributed by atoms with Gasteiger partial charge < -0.3 is 19.6 Å². The Morgan fingerprint density at radius 2 is 2.22 bits per heavy atom. The number of rotatable bonds is 7. The van der Waals surface area contributed by atoms with Crippen LogP contribution in [0.3, 0.4) is 0 Å². The molecule has 1 amide bonds. The maximum Gasteiger partial charge on any atom is 0.267 e. The van der Waals surface area contributed by atoms with Gasteiger partial charge in [0.1, 0.15) is 4.88 Å². The molecule has 1 aromatic heterocycles. The van der Waals surface area contributed by atoms with E-state index in [-0.39, 0.29) is 18.4 Å². The lowest BCUT2D eigenvalue weighted by Crippen LogP contribution is -2.47. The average molecular weight is 342 g/mol. The molecule has 0 bridgehead atoms. The van der Waals surface area contributed by atoms with E-state index in [1.54, 1.807) is 14.0 Å². The number of likely N-dealkylation sites (N-methyl/N-ethyl adjacent to an activating group) is 1. The van der Waals surface area contributed by atoms with Gasteiger partial charge in [-0.2, -0.15) is 0 Å². The van der Waals surface area contributed by atoms with Gasteiger partial charge in [-0.15, -0.1) is 5.10 Å². The zero-order valence-electron chi connectivity index (χ0n) is 14.1. The minimum atomic E-state index is -0.0137. The molecule has 1 aliphatic rings. The number of aryl methyl sites for hydroxylation is 1. The Hall–Kier alpha value is -1.09. The van der Waals surface area contributed by atoms with Gasteiger partial charge in [-0.05, 0) is 43.8 Å². The number of methoxy groups -OCH3 is 1. The van der Waals surface area contributed by atoms with Crippen LogP contribution in [-0.2, 0) is 4.74 Å². The second-order valence-corrected chi connectivity index (χ2v) is 7.06. The molecule has 8 heteroatoms. The molecule has 23 heavy (non-hydrogen) atoms. The normalized spacial score (nSPS) is 21.9. The molecule has 1 aromatic rings. The van der Waals surface area contributed by atoms with Gasteiger partial charge in [0.2, 0.25) is 0 Å². The number of aliphatic hydroxyl groups excluding tert-OH is 1. The Morgan fingerprint density at radius 1 is 1.48 bits per heavy atom. The Morgan fingerprint density at radius 3 is 2.83 bits per heavy atom. The number of amides is 1. The molecule has 2 heterocycles. The molecule has 1 fully saturated rings. The van der Waals surface area contributed by atoms with Crippen molar-refractivity contribution in [3.63, 3.8) is 0 Å². The van der Waals surface area contributed by atoms with E-state index in [1.165, 1.54) is 0 Å². The number of carbonyl (C=O) groups is 1. The minimum absolute atomic E-state index is 0.0137. The smallest absolute Gasteiger partial charge is 0.267 e. The first-order valence-electron chi connectivity index (χ1n) is 7.91. The summed E-state index contributed by atoms with van der Waals surface area (Å²) in [4.78, 5) is 17.4. The highest BCUT2D eigenvalue weighted by Crippen LogP contribution is 2.25. The lowest BCUT2D eigenvalue weighted by atomic mass is 9.89. The number of nitrogens with zero attached hydrogens (tertiary/aromatic N) is 4. The number of carbonyl (C=O) groups excluding carboxylic acids is 1. The summed E-state index contributed by atoms with van der Waals surface area (Å²) in [7, 11) is 3.76. The lowest BCUT2D eigenvalue weighted by molar-refractivity contribution is 0.0454. The first kappa shape index (κ1) is 18.3. The van der Waals surface area contributed by atoms with Crippen molar-refractivity contribution < 1.29 is 14.6 Å². The van der Waals surface area contributed by atoms with Crippen LogP contribution in [-0.4, -0.2) is 84.0 Å². The van der Waals surface area contributed by atoms with Gasteiger partial charge in [0.25, 0.3) is 5.91 Å². The van der Waals surface area contributed by atoms with Gasteiger partial charge in [-0.1, -0.05) is 4.49 Å². The summed E-state index contributed by atoms with van der Waals surface area (Å²) in [6, 6.07) is 0. The van der Waals surface area contributed by atoms with Crippen LogP contribution >= 0.6 is 11.5 Å². The number of ether oxygens (including phenoxy) is 1. The number of piperidine rings is 1. The lowest BCUT2D eigenvalue weighted by Gasteiger charge is -2.38. The van der Waals surface area contributed by atoms with Crippen LogP contribution in [0.5, 0.6) is 0 Å². The molecule has 0 aromatic carbocycles. The van der Waals surface area contributed by atoms with Crippen molar-refractivity contribution in [2.24, 2.45) is 11.8 Å². The number of hydrogen-bond donors (Lipinski definition) is 1. The van der Waals surface area contributed by atoms with Crippen LogP contribution < -0.4 is 0 Å². The van der Waals surface area contributed by atoms with E-state index >= 15 is 0 Å². The molecule has 0 radical (unpaired) electrons. The molecular weight excluding hydrogens is 316 g/mol. The van der Waals surface area contributed by atoms with Crippen molar-refractivity contribution >= 4 is 17.4 Å². The maximum absolute atomic E-state index is 12.7. The predicted molar refractivity (Wildman–Crippen MR) is 88.6 cm³/mol. The van der Waals surface area contributed by atoms with Crippen molar-refractivity contribution in [1.29, 1.82) is 0 Å². The fourth-order valence-corrected chi connectivity index (χ4v) is 3.72. The predicted octanol–water partition coefficient (Wildman–Crippen LogP) is 0.495. The van der Waals surface area contributed by atoms with Crippen molar-refractivity contribution in [2.45, 2.75) is 13.3 Å². The molecule has 0 saturated carbocycles. The Labute approximate surface area is 141 Å². The molecule has 2 rings (SSSR count). The van der Waals surface area contributed by atoms with Crippen molar-refractivity contribution in [1.82, 2.24) is 19.4 Å². The van der Waals surface area contributed by atoms with E-state index in [2.05, 4.69) is 21.5 Å². The highest BCUT2D eigenvalue weighted by Gasteiger charge is 2.32. The number of aromatic nitrogens is 2. The molecule has 0 unspecified atom stereocenters. The molecule has 0 aliphatic carbocycles. The van der Waals surface area contributed by atoms with E-state index in [0.717, 1.165) is 31.0 Å². The third-order valence-electron chi connectivity index (χ3n) is 4.26. The fraction of sp³-hybridized carbons (Fsp3) is 0.800. The average Bonchev–Trinajstić information content (AvgIpc) is 2.97. The number of likely N-dealkylation sites (tertiary alicyclic amines) is 1. The van der Waals surface area contributed by atoms with Gasteiger partial charge in [-0.25, -0.2) is 0 Å². The molecule has 1 N–H and O–H groups in total.